The van der Waals surface area contributed by atoms with Crippen LogP contribution >= 0.6 is 11.3 Å². The number of rotatable bonds is 5. The van der Waals surface area contributed by atoms with Crippen LogP contribution in [-0.2, 0) is 11.2 Å². The van der Waals surface area contributed by atoms with Crippen molar-refractivity contribution in [2.75, 3.05) is 5.32 Å². The minimum absolute atomic E-state index is 0.0279. The van der Waals surface area contributed by atoms with Crippen LogP contribution in [0.2, 0.25) is 0 Å². The van der Waals surface area contributed by atoms with Crippen molar-refractivity contribution in [2.45, 2.75) is 26.2 Å². The van der Waals surface area contributed by atoms with Gasteiger partial charge in [0, 0.05) is 18.0 Å². The molecule has 5 heteroatoms. The number of amides is 1. The highest BCUT2D eigenvalue weighted by Crippen LogP contribution is 2.25. The summed E-state index contributed by atoms with van der Waals surface area (Å²) in [6.07, 6.45) is 3.86. The van der Waals surface area contributed by atoms with Crippen LogP contribution < -0.4 is 5.32 Å². The van der Waals surface area contributed by atoms with Crippen LogP contribution in [0, 0.1) is 6.92 Å². The summed E-state index contributed by atoms with van der Waals surface area (Å²) in [6, 6.07) is 16.0. The Balaban J connectivity index is 1.39. The molecule has 0 atom stereocenters. The number of aryl methyl sites for hydroxylation is 2. The maximum Gasteiger partial charge on any atom is 0.224 e. The molecule has 4 aromatic rings. The Morgan fingerprint density at radius 1 is 1.12 bits per heavy atom. The largest absolute Gasteiger partial charge is 0.325 e. The van der Waals surface area contributed by atoms with Crippen LogP contribution in [0.25, 0.3) is 21.1 Å². The van der Waals surface area contributed by atoms with Gasteiger partial charge in [-0.1, -0.05) is 18.2 Å². The first-order chi connectivity index (χ1) is 12.7. The van der Waals surface area contributed by atoms with Gasteiger partial charge in [-0.3, -0.25) is 9.78 Å². The first-order valence-corrected chi connectivity index (χ1v) is 9.51. The molecule has 4 rings (SSSR count). The van der Waals surface area contributed by atoms with Crippen molar-refractivity contribution in [2.24, 2.45) is 0 Å². The summed E-state index contributed by atoms with van der Waals surface area (Å²) in [7, 11) is 0. The molecule has 0 bridgehead atoms. The number of nitrogens with zero attached hydrogens (tertiary/aromatic N) is 2. The van der Waals surface area contributed by atoms with E-state index in [9.17, 15) is 4.79 Å². The molecule has 0 spiro atoms. The Labute approximate surface area is 155 Å². The van der Waals surface area contributed by atoms with E-state index in [1.54, 1.807) is 17.5 Å². The third kappa shape index (κ3) is 3.44. The van der Waals surface area contributed by atoms with Crippen molar-refractivity contribution in [1.82, 2.24) is 9.97 Å². The lowest BCUT2D eigenvalue weighted by molar-refractivity contribution is -0.116. The second kappa shape index (κ2) is 7.22. The molecule has 0 fully saturated rings. The number of aromatic nitrogens is 2. The molecule has 2 heterocycles. The molecule has 0 saturated carbocycles. The predicted molar refractivity (Wildman–Crippen MR) is 108 cm³/mol. The molecule has 2 aromatic carbocycles. The lowest BCUT2D eigenvalue weighted by atomic mass is 10.1. The van der Waals surface area contributed by atoms with Crippen molar-refractivity contribution >= 4 is 44.1 Å². The summed E-state index contributed by atoms with van der Waals surface area (Å²) >= 11 is 1.71. The lowest BCUT2D eigenvalue weighted by Crippen LogP contribution is -2.12. The van der Waals surface area contributed by atoms with Gasteiger partial charge < -0.3 is 5.32 Å². The molecule has 0 aliphatic rings. The minimum Gasteiger partial charge on any atom is -0.325 e. The molecule has 0 unspecified atom stereocenters. The summed E-state index contributed by atoms with van der Waals surface area (Å²) in [4.78, 5) is 21.4. The zero-order chi connectivity index (χ0) is 17.9. The van der Waals surface area contributed by atoms with Gasteiger partial charge in [-0.2, -0.15) is 0 Å². The van der Waals surface area contributed by atoms with Gasteiger partial charge in [-0.15, -0.1) is 11.3 Å². The van der Waals surface area contributed by atoms with Gasteiger partial charge in [0.25, 0.3) is 0 Å². The lowest BCUT2D eigenvalue weighted by Gasteiger charge is -2.09. The van der Waals surface area contributed by atoms with E-state index < -0.39 is 0 Å². The molecule has 1 N–H and O–H groups in total. The highest BCUT2D eigenvalue weighted by molar-refractivity contribution is 7.18. The van der Waals surface area contributed by atoms with E-state index in [-0.39, 0.29) is 5.91 Å². The second-order valence-corrected chi connectivity index (χ2v) is 7.42. The zero-order valence-corrected chi connectivity index (χ0v) is 15.3. The predicted octanol–water partition coefficient (Wildman–Crippen LogP) is 5.11. The fourth-order valence-electron chi connectivity index (χ4n) is 3.06. The molecule has 1 amide bonds. The Kier molecular flexibility index (Phi) is 4.63. The first-order valence-electron chi connectivity index (χ1n) is 8.69. The third-order valence-electron chi connectivity index (χ3n) is 4.38. The number of carbonyl (C=O) groups is 1. The Morgan fingerprint density at radius 3 is 2.88 bits per heavy atom. The van der Waals surface area contributed by atoms with Gasteiger partial charge in [-0.05, 0) is 55.7 Å². The van der Waals surface area contributed by atoms with Gasteiger partial charge >= 0.3 is 0 Å². The van der Waals surface area contributed by atoms with E-state index in [2.05, 4.69) is 21.4 Å². The molecule has 2 aromatic heterocycles. The summed E-state index contributed by atoms with van der Waals surface area (Å²) in [5.74, 6) is 0.0279. The van der Waals surface area contributed by atoms with Crippen LogP contribution in [0.4, 0.5) is 5.69 Å². The number of carbonyl (C=O) groups excluding carboxylic acids is 1. The monoisotopic (exact) mass is 361 g/mol. The van der Waals surface area contributed by atoms with E-state index in [4.69, 9.17) is 0 Å². The molecular formula is C21H19N3OS. The number of benzene rings is 2. The van der Waals surface area contributed by atoms with Crippen molar-refractivity contribution in [3.63, 3.8) is 0 Å². The summed E-state index contributed by atoms with van der Waals surface area (Å²) < 4.78 is 1.20. The molecule has 26 heavy (non-hydrogen) atoms. The number of para-hydroxylation sites is 1. The van der Waals surface area contributed by atoms with Crippen LogP contribution in [0.5, 0.6) is 0 Å². The Morgan fingerprint density at radius 2 is 2.00 bits per heavy atom. The van der Waals surface area contributed by atoms with Gasteiger partial charge in [0.2, 0.25) is 5.91 Å². The SMILES string of the molecule is Cc1ccc(NC(=O)CCCc2nc3ccccc3s2)c2cccnc12. The number of hydrogen-bond acceptors (Lipinski definition) is 4. The summed E-state index contributed by atoms with van der Waals surface area (Å²) in [5, 5.41) is 5.09. The van der Waals surface area contributed by atoms with Gasteiger partial charge in [-0.25, -0.2) is 4.98 Å². The van der Waals surface area contributed by atoms with Crippen LogP contribution in [0.15, 0.2) is 54.7 Å². The van der Waals surface area contributed by atoms with Gasteiger partial charge in [0.1, 0.15) is 0 Å². The second-order valence-electron chi connectivity index (χ2n) is 6.31. The summed E-state index contributed by atoms with van der Waals surface area (Å²) in [6.45, 7) is 2.03. The summed E-state index contributed by atoms with van der Waals surface area (Å²) in [5.41, 5.74) is 3.90. The Bertz CT molecular complexity index is 1050. The molecule has 4 nitrogen and oxygen atoms in total. The van der Waals surface area contributed by atoms with Gasteiger partial charge in [0.15, 0.2) is 0 Å². The molecular weight excluding hydrogens is 342 g/mol. The van der Waals surface area contributed by atoms with Crippen LogP contribution in [0.3, 0.4) is 0 Å². The van der Waals surface area contributed by atoms with E-state index in [1.807, 2.05) is 49.4 Å². The van der Waals surface area contributed by atoms with E-state index in [1.165, 1.54) is 4.70 Å². The average Bonchev–Trinajstić information content (AvgIpc) is 3.07. The standard InChI is InChI=1S/C21H19N3OS/c1-14-11-12-16(15-6-5-13-22-21(14)15)23-19(25)9-4-10-20-24-17-7-2-3-8-18(17)26-20/h2-3,5-8,11-13H,4,9-10H2,1H3,(H,23,25). The van der Waals surface area contributed by atoms with Crippen LogP contribution in [0.1, 0.15) is 23.4 Å². The van der Waals surface area contributed by atoms with E-state index in [0.717, 1.165) is 45.5 Å². The number of anilines is 1. The number of thiazole rings is 1. The average molecular weight is 361 g/mol. The first kappa shape index (κ1) is 16.7. The maximum atomic E-state index is 12.4. The minimum atomic E-state index is 0.0279. The fraction of sp³-hybridized carbons (Fsp3) is 0.190. The highest BCUT2D eigenvalue weighted by Gasteiger charge is 2.09. The van der Waals surface area contributed by atoms with Crippen LogP contribution in [-0.4, -0.2) is 15.9 Å². The number of hydrogen-bond donors (Lipinski definition) is 1. The Hall–Kier alpha value is -2.79. The van der Waals surface area contributed by atoms with Crippen molar-refractivity contribution in [1.29, 1.82) is 0 Å². The number of pyridine rings is 1. The zero-order valence-electron chi connectivity index (χ0n) is 14.5. The molecule has 0 saturated heterocycles. The van der Waals surface area contributed by atoms with Crippen molar-refractivity contribution < 1.29 is 4.79 Å². The smallest absolute Gasteiger partial charge is 0.224 e. The quantitative estimate of drug-likeness (QED) is 0.537. The molecule has 0 aliphatic carbocycles. The van der Waals surface area contributed by atoms with Crippen molar-refractivity contribution in [3.8, 4) is 0 Å². The third-order valence-corrected chi connectivity index (χ3v) is 5.47. The van der Waals surface area contributed by atoms with E-state index in [0.29, 0.717) is 6.42 Å². The normalized spacial score (nSPS) is 11.1. The molecule has 0 aliphatic heterocycles. The van der Waals surface area contributed by atoms with E-state index >= 15 is 0 Å². The van der Waals surface area contributed by atoms with Gasteiger partial charge in [0.05, 0.1) is 26.4 Å². The maximum absolute atomic E-state index is 12.4. The molecule has 130 valence electrons. The number of nitrogens with one attached hydrogen (secondary N) is 1. The topological polar surface area (TPSA) is 54.9 Å². The highest BCUT2D eigenvalue weighted by atomic mass is 32.1. The van der Waals surface area contributed by atoms with Crippen molar-refractivity contribution in [3.05, 3.63) is 65.3 Å². The fourth-order valence-corrected chi connectivity index (χ4v) is 4.07. The number of fused-ring (bicyclic) bond motifs is 2. The molecule has 0 radical (unpaired) electrons.